The van der Waals surface area contributed by atoms with Crippen molar-refractivity contribution in [3.63, 3.8) is 0 Å². The number of halogens is 2. The predicted molar refractivity (Wildman–Crippen MR) is 108 cm³/mol. The van der Waals surface area contributed by atoms with Gasteiger partial charge in [-0.25, -0.2) is 0 Å². The molecule has 0 radical (unpaired) electrons. The summed E-state index contributed by atoms with van der Waals surface area (Å²) in [4.78, 5) is 6.64. The molecule has 1 aromatic heterocycles. The van der Waals surface area contributed by atoms with E-state index < -0.39 is 0 Å². The Bertz CT molecular complexity index is 948. The molecule has 0 atom stereocenters. The fourth-order valence-corrected chi connectivity index (χ4v) is 3.31. The normalized spacial score (nSPS) is 15.2. The van der Waals surface area contributed by atoms with Crippen molar-refractivity contribution in [2.75, 3.05) is 31.2 Å². The first-order chi connectivity index (χ1) is 13.2. The van der Waals surface area contributed by atoms with Crippen molar-refractivity contribution in [1.29, 1.82) is 0 Å². The van der Waals surface area contributed by atoms with Gasteiger partial charge in [-0.1, -0.05) is 52.6 Å². The molecular formula is C20H17Cl2N3O2. The Morgan fingerprint density at radius 1 is 1.04 bits per heavy atom. The monoisotopic (exact) mass is 401 g/mol. The summed E-state index contributed by atoms with van der Waals surface area (Å²) in [5, 5.41) is 4.90. The molecule has 1 aliphatic heterocycles. The fraction of sp³-hybridized carbons (Fsp3) is 0.200. The largest absolute Gasteiger partial charge is 0.378 e. The molecule has 1 saturated heterocycles. The lowest BCUT2D eigenvalue weighted by molar-refractivity contribution is 0.122. The topological polar surface area (TPSA) is 51.4 Å². The van der Waals surface area contributed by atoms with Gasteiger partial charge in [-0.3, -0.25) is 0 Å². The summed E-state index contributed by atoms with van der Waals surface area (Å²) < 4.78 is 10.7. The summed E-state index contributed by atoms with van der Waals surface area (Å²) in [6.45, 7) is 3.34. The van der Waals surface area contributed by atoms with Gasteiger partial charge in [-0.2, -0.15) is 4.98 Å². The zero-order chi connectivity index (χ0) is 18.6. The smallest absolute Gasteiger partial charge is 0.269 e. The Kier molecular flexibility index (Phi) is 5.43. The molecule has 1 fully saturated rings. The van der Waals surface area contributed by atoms with Crippen LogP contribution in [0.5, 0.6) is 0 Å². The standard InChI is InChI=1S/C20H17Cl2N3O2/c21-17-4-2-1-3-16(17)19-23-20(27-24-19)18(22)13-14-5-7-15(8-6-14)25-9-11-26-12-10-25/h1-8,13H,9-12H2/b18-13-. The van der Waals surface area contributed by atoms with Crippen LogP contribution >= 0.6 is 23.2 Å². The van der Waals surface area contributed by atoms with Gasteiger partial charge in [0, 0.05) is 24.3 Å². The molecular weight excluding hydrogens is 385 g/mol. The van der Waals surface area contributed by atoms with Crippen LogP contribution < -0.4 is 4.90 Å². The third-order valence-corrected chi connectivity index (χ3v) is 4.91. The van der Waals surface area contributed by atoms with Crippen molar-refractivity contribution in [3.8, 4) is 11.4 Å². The van der Waals surface area contributed by atoms with E-state index in [1.807, 2.05) is 30.3 Å². The first-order valence-electron chi connectivity index (χ1n) is 8.59. The summed E-state index contributed by atoms with van der Waals surface area (Å²) in [5.41, 5.74) is 2.83. The van der Waals surface area contributed by atoms with Crippen LogP contribution in [-0.2, 0) is 4.74 Å². The Hall–Kier alpha value is -2.34. The Labute approximate surface area is 167 Å². The highest BCUT2D eigenvalue weighted by Crippen LogP contribution is 2.28. The molecule has 0 N–H and O–H groups in total. The second-order valence-electron chi connectivity index (χ2n) is 6.09. The van der Waals surface area contributed by atoms with Gasteiger partial charge >= 0.3 is 0 Å². The van der Waals surface area contributed by atoms with E-state index in [-0.39, 0.29) is 5.89 Å². The van der Waals surface area contributed by atoms with Crippen molar-refractivity contribution in [1.82, 2.24) is 10.1 Å². The number of anilines is 1. The zero-order valence-electron chi connectivity index (χ0n) is 14.4. The Morgan fingerprint density at radius 3 is 2.52 bits per heavy atom. The first kappa shape index (κ1) is 18.0. The highest BCUT2D eigenvalue weighted by molar-refractivity contribution is 6.50. The van der Waals surface area contributed by atoms with Crippen molar-refractivity contribution in [2.45, 2.75) is 0 Å². The molecule has 0 unspecified atom stereocenters. The average molecular weight is 402 g/mol. The summed E-state index contributed by atoms with van der Waals surface area (Å²) in [6, 6.07) is 15.5. The van der Waals surface area contributed by atoms with Gasteiger partial charge in [-0.15, -0.1) is 0 Å². The number of hydrogen-bond donors (Lipinski definition) is 0. The second-order valence-corrected chi connectivity index (χ2v) is 6.90. The minimum absolute atomic E-state index is 0.254. The lowest BCUT2D eigenvalue weighted by atomic mass is 10.1. The molecule has 138 valence electrons. The number of ether oxygens (including phenoxy) is 1. The van der Waals surface area contributed by atoms with Gasteiger partial charge < -0.3 is 14.2 Å². The number of rotatable bonds is 4. The van der Waals surface area contributed by atoms with Crippen LogP contribution in [0.25, 0.3) is 22.5 Å². The molecule has 4 rings (SSSR count). The Balaban J connectivity index is 1.52. The highest BCUT2D eigenvalue weighted by atomic mass is 35.5. The van der Waals surface area contributed by atoms with Crippen LogP contribution in [0, 0.1) is 0 Å². The average Bonchev–Trinajstić information content (AvgIpc) is 3.20. The van der Waals surface area contributed by atoms with E-state index in [1.165, 1.54) is 5.69 Å². The molecule has 5 nitrogen and oxygen atoms in total. The van der Waals surface area contributed by atoms with Crippen molar-refractivity contribution in [3.05, 3.63) is 65.0 Å². The summed E-state index contributed by atoms with van der Waals surface area (Å²) in [5.74, 6) is 0.661. The number of morpholine rings is 1. The van der Waals surface area contributed by atoms with Gasteiger partial charge in [0.25, 0.3) is 5.89 Å². The van der Waals surface area contributed by atoms with Crippen LogP contribution in [0.4, 0.5) is 5.69 Å². The summed E-state index contributed by atoms with van der Waals surface area (Å²) in [7, 11) is 0. The maximum Gasteiger partial charge on any atom is 0.269 e. The number of hydrogen-bond acceptors (Lipinski definition) is 5. The maximum absolute atomic E-state index is 6.37. The highest BCUT2D eigenvalue weighted by Gasteiger charge is 2.14. The molecule has 1 aliphatic rings. The number of benzene rings is 2. The van der Waals surface area contributed by atoms with Crippen LogP contribution in [-0.4, -0.2) is 36.4 Å². The molecule has 0 bridgehead atoms. The van der Waals surface area contributed by atoms with Gasteiger partial charge in [0.15, 0.2) is 0 Å². The van der Waals surface area contributed by atoms with Gasteiger partial charge in [0.05, 0.1) is 18.2 Å². The molecule has 0 aliphatic carbocycles. The SMILES string of the molecule is Cl/C(=C\c1ccc(N2CCOCC2)cc1)c1nc(-c2ccccc2Cl)no1. The van der Waals surface area contributed by atoms with Crippen LogP contribution in [0.15, 0.2) is 53.1 Å². The van der Waals surface area contributed by atoms with E-state index in [2.05, 4.69) is 27.2 Å². The maximum atomic E-state index is 6.37. The molecule has 0 spiro atoms. The molecule has 7 heteroatoms. The lowest BCUT2D eigenvalue weighted by Gasteiger charge is -2.28. The molecule has 2 aromatic carbocycles. The van der Waals surface area contributed by atoms with E-state index in [0.29, 0.717) is 21.4 Å². The number of nitrogens with zero attached hydrogens (tertiary/aromatic N) is 3. The predicted octanol–water partition coefficient (Wildman–Crippen LogP) is 4.96. The van der Waals surface area contributed by atoms with E-state index in [1.54, 1.807) is 12.1 Å². The van der Waals surface area contributed by atoms with E-state index >= 15 is 0 Å². The molecule has 27 heavy (non-hydrogen) atoms. The third-order valence-electron chi connectivity index (χ3n) is 4.31. The second kappa shape index (κ2) is 8.13. The molecule has 0 saturated carbocycles. The van der Waals surface area contributed by atoms with E-state index in [4.69, 9.17) is 32.5 Å². The van der Waals surface area contributed by atoms with E-state index in [9.17, 15) is 0 Å². The zero-order valence-corrected chi connectivity index (χ0v) is 16.0. The quantitative estimate of drug-likeness (QED) is 0.617. The third kappa shape index (κ3) is 4.16. The molecule has 0 amide bonds. The van der Waals surface area contributed by atoms with Crippen LogP contribution in [0.3, 0.4) is 0 Å². The minimum atomic E-state index is 0.254. The fourth-order valence-electron chi connectivity index (χ4n) is 2.88. The summed E-state index contributed by atoms with van der Waals surface area (Å²) in [6.07, 6.45) is 1.80. The van der Waals surface area contributed by atoms with Gasteiger partial charge in [-0.05, 0) is 35.9 Å². The summed E-state index contributed by atoms with van der Waals surface area (Å²) >= 11 is 12.5. The molecule has 3 aromatic rings. The first-order valence-corrected chi connectivity index (χ1v) is 9.35. The van der Waals surface area contributed by atoms with Crippen molar-refractivity contribution >= 4 is 40.0 Å². The molecule has 2 heterocycles. The minimum Gasteiger partial charge on any atom is -0.378 e. The van der Waals surface area contributed by atoms with Crippen molar-refractivity contribution < 1.29 is 9.26 Å². The van der Waals surface area contributed by atoms with Crippen LogP contribution in [0.1, 0.15) is 11.5 Å². The van der Waals surface area contributed by atoms with Gasteiger partial charge in [0.2, 0.25) is 5.82 Å². The van der Waals surface area contributed by atoms with Crippen LogP contribution in [0.2, 0.25) is 5.02 Å². The van der Waals surface area contributed by atoms with Crippen molar-refractivity contribution in [2.24, 2.45) is 0 Å². The van der Waals surface area contributed by atoms with E-state index in [0.717, 1.165) is 31.9 Å². The lowest BCUT2D eigenvalue weighted by Crippen LogP contribution is -2.36. The number of aromatic nitrogens is 2. The Morgan fingerprint density at radius 2 is 1.78 bits per heavy atom. The van der Waals surface area contributed by atoms with Gasteiger partial charge in [0.1, 0.15) is 5.03 Å².